The largest absolute Gasteiger partial charge is 0.496 e. The van der Waals surface area contributed by atoms with Gasteiger partial charge in [0.1, 0.15) is 5.75 Å². The number of ether oxygens (including phenoxy) is 1. The minimum absolute atomic E-state index is 0.161. The Labute approximate surface area is 124 Å². The van der Waals surface area contributed by atoms with Gasteiger partial charge < -0.3 is 4.74 Å². The summed E-state index contributed by atoms with van der Waals surface area (Å²) in [6.07, 6.45) is 2.53. The van der Waals surface area contributed by atoms with Crippen LogP contribution in [0.5, 0.6) is 5.75 Å². The number of benzene rings is 1. The van der Waals surface area contributed by atoms with Crippen molar-refractivity contribution in [2.45, 2.75) is 32.7 Å². The van der Waals surface area contributed by atoms with Crippen molar-refractivity contribution < 1.29 is 14.3 Å². The molecule has 0 heterocycles. The molecule has 0 saturated carbocycles. The number of nitrogens with one attached hydrogen (secondary N) is 1. The fourth-order valence-electron chi connectivity index (χ4n) is 1.89. The molecule has 0 radical (unpaired) electrons. The number of nitrogens with zero attached hydrogens (tertiary/aromatic N) is 1. The molecule has 2 rings (SSSR count). The maximum atomic E-state index is 12.4. The minimum Gasteiger partial charge on any atom is -0.496 e. The molecule has 2 amide bonds. The lowest BCUT2D eigenvalue weighted by atomic mass is 10.1. The van der Waals surface area contributed by atoms with Gasteiger partial charge in [-0.3, -0.25) is 15.0 Å². The van der Waals surface area contributed by atoms with Crippen molar-refractivity contribution in [3.05, 3.63) is 41.5 Å². The lowest BCUT2D eigenvalue weighted by Gasteiger charge is -2.35. The Kier molecular flexibility index (Phi) is 4.02. The van der Waals surface area contributed by atoms with Crippen LogP contribution in [0, 0.1) is 0 Å². The molecule has 21 heavy (non-hydrogen) atoms. The van der Waals surface area contributed by atoms with Gasteiger partial charge in [0.15, 0.2) is 0 Å². The Bertz CT molecular complexity index is 600. The van der Waals surface area contributed by atoms with E-state index in [9.17, 15) is 9.59 Å². The van der Waals surface area contributed by atoms with Crippen LogP contribution in [0.2, 0.25) is 0 Å². The highest BCUT2D eigenvalue weighted by molar-refractivity contribution is 6.02. The minimum atomic E-state index is -0.516. The summed E-state index contributed by atoms with van der Waals surface area (Å²) in [5, 5.41) is 1.38. The van der Waals surface area contributed by atoms with Gasteiger partial charge in [-0.2, -0.15) is 0 Å². The lowest BCUT2D eigenvalue weighted by Crippen LogP contribution is -2.55. The Morgan fingerprint density at radius 2 is 1.86 bits per heavy atom. The summed E-state index contributed by atoms with van der Waals surface area (Å²) in [5.74, 6) is -0.0512. The van der Waals surface area contributed by atoms with Crippen molar-refractivity contribution in [3.63, 3.8) is 0 Å². The molecular formula is C16H20N2O3. The molecule has 1 aromatic carbocycles. The predicted octanol–water partition coefficient (Wildman–Crippen LogP) is 2.30. The number of hydrogen-bond acceptors (Lipinski definition) is 3. The number of rotatable bonds is 3. The molecule has 1 N–H and O–H groups in total. The zero-order valence-corrected chi connectivity index (χ0v) is 12.8. The topological polar surface area (TPSA) is 58.6 Å². The van der Waals surface area contributed by atoms with Crippen molar-refractivity contribution in [1.29, 1.82) is 0 Å². The van der Waals surface area contributed by atoms with E-state index in [1.165, 1.54) is 12.1 Å². The second-order valence-corrected chi connectivity index (χ2v) is 5.89. The Morgan fingerprint density at radius 3 is 2.38 bits per heavy atom. The third kappa shape index (κ3) is 3.42. The highest BCUT2D eigenvalue weighted by Gasteiger charge is 2.33. The monoisotopic (exact) mass is 288 g/mol. The van der Waals surface area contributed by atoms with Crippen LogP contribution in [-0.4, -0.2) is 29.5 Å². The molecule has 1 aliphatic rings. The van der Waals surface area contributed by atoms with Crippen LogP contribution in [0.1, 0.15) is 37.6 Å². The van der Waals surface area contributed by atoms with Gasteiger partial charge in [0.2, 0.25) is 0 Å². The number of hydrazine groups is 1. The molecule has 5 heteroatoms. The number of methoxy groups -OCH3 is 1. The van der Waals surface area contributed by atoms with E-state index >= 15 is 0 Å². The average molecular weight is 288 g/mol. The van der Waals surface area contributed by atoms with E-state index in [0.29, 0.717) is 17.7 Å². The van der Waals surface area contributed by atoms with Gasteiger partial charge in [0.25, 0.3) is 11.8 Å². The molecule has 1 aromatic rings. The van der Waals surface area contributed by atoms with Crippen LogP contribution >= 0.6 is 0 Å². The molecule has 0 fully saturated rings. The molecule has 0 atom stereocenters. The average Bonchev–Trinajstić information content (AvgIpc) is 3.27. The lowest BCUT2D eigenvalue weighted by molar-refractivity contribution is -0.134. The van der Waals surface area contributed by atoms with E-state index in [1.807, 2.05) is 26.8 Å². The number of hydrogen-bond donors (Lipinski definition) is 1. The van der Waals surface area contributed by atoms with Crippen molar-refractivity contribution in [2.75, 3.05) is 7.11 Å². The van der Waals surface area contributed by atoms with Gasteiger partial charge in [-0.25, -0.2) is 5.01 Å². The van der Waals surface area contributed by atoms with E-state index in [2.05, 4.69) is 5.43 Å². The third-order valence-corrected chi connectivity index (χ3v) is 3.12. The van der Waals surface area contributed by atoms with Gasteiger partial charge in [-0.05, 0) is 39.3 Å². The Morgan fingerprint density at radius 1 is 1.24 bits per heavy atom. The summed E-state index contributed by atoms with van der Waals surface area (Å²) in [6.45, 7) is 5.61. The highest BCUT2D eigenvalue weighted by Crippen LogP contribution is 2.25. The summed E-state index contributed by atoms with van der Waals surface area (Å²) in [6, 6.07) is 6.92. The molecule has 0 aromatic heterocycles. The molecule has 0 spiro atoms. The van der Waals surface area contributed by atoms with E-state index in [-0.39, 0.29) is 11.8 Å². The van der Waals surface area contributed by atoms with E-state index in [0.717, 1.165) is 5.57 Å². The zero-order valence-electron chi connectivity index (χ0n) is 12.8. The summed E-state index contributed by atoms with van der Waals surface area (Å²) >= 11 is 0. The van der Waals surface area contributed by atoms with Gasteiger partial charge in [0.05, 0.1) is 18.2 Å². The number of allylic oxidation sites excluding steroid dienone is 1. The van der Waals surface area contributed by atoms with Crippen LogP contribution in [0.4, 0.5) is 0 Å². The van der Waals surface area contributed by atoms with Gasteiger partial charge >= 0.3 is 0 Å². The van der Waals surface area contributed by atoms with Gasteiger partial charge in [0, 0.05) is 5.57 Å². The van der Waals surface area contributed by atoms with Crippen LogP contribution in [-0.2, 0) is 4.79 Å². The molecule has 5 nitrogen and oxygen atoms in total. The first-order valence-electron chi connectivity index (χ1n) is 6.82. The van der Waals surface area contributed by atoms with E-state index in [4.69, 9.17) is 4.74 Å². The van der Waals surface area contributed by atoms with Crippen molar-refractivity contribution in [1.82, 2.24) is 10.4 Å². The number of carbonyl (C=O) groups is 2. The summed E-state index contributed by atoms with van der Waals surface area (Å²) in [5.41, 5.74) is 3.30. The molecule has 0 bridgehead atoms. The molecule has 0 aliphatic heterocycles. The predicted molar refractivity (Wildman–Crippen MR) is 79.8 cm³/mol. The number of amides is 2. The standard InChI is InChI=1S/C16H20N2O3/c1-16(2,3)18(15(20)11-9-10-11)17-14(19)12-7-5-6-8-13(12)21-4/h5-9H,10H2,1-4H3,(H,17,19). The van der Waals surface area contributed by atoms with Gasteiger partial charge in [-0.15, -0.1) is 0 Å². The van der Waals surface area contributed by atoms with Crippen LogP contribution in [0.15, 0.2) is 35.9 Å². The molecule has 0 saturated heterocycles. The molecular weight excluding hydrogens is 268 g/mol. The highest BCUT2D eigenvalue weighted by atomic mass is 16.5. The maximum absolute atomic E-state index is 12.4. The SMILES string of the molecule is COc1ccccc1C(=O)NN(C(=O)C1=CC1)C(C)(C)C. The first kappa shape index (κ1) is 15.1. The van der Waals surface area contributed by atoms with Crippen LogP contribution in [0.25, 0.3) is 0 Å². The third-order valence-electron chi connectivity index (χ3n) is 3.12. The number of carbonyl (C=O) groups excluding carboxylic acids is 2. The van der Waals surface area contributed by atoms with Crippen molar-refractivity contribution in [2.24, 2.45) is 0 Å². The first-order chi connectivity index (χ1) is 9.84. The Balaban J connectivity index is 2.22. The smallest absolute Gasteiger partial charge is 0.273 e. The number of para-hydroxylation sites is 1. The fourth-order valence-corrected chi connectivity index (χ4v) is 1.89. The van der Waals surface area contributed by atoms with Crippen molar-refractivity contribution >= 4 is 11.8 Å². The summed E-state index contributed by atoms with van der Waals surface area (Å²) in [4.78, 5) is 24.7. The Hall–Kier alpha value is -2.30. The fraction of sp³-hybridized carbons (Fsp3) is 0.375. The maximum Gasteiger partial charge on any atom is 0.273 e. The van der Waals surface area contributed by atoms with Gasteiger partial charge in [-0.1, -0.05) is 18.2 Å². The molecule has 1 aliphatic carbocycles. The molecule has 112 valence electrons. The van der Waals surface area contributed by atoms with Crippen LogP contribution < -0.4 is 10.2 Å². The quantitative estimate of drug-likeness (QED) is 0.868. The second-order valence-electron chi connectivity index (χ2n) is 5.89. The second kappa shape index (κ2) is 5.60. The van der Waals surface area contributed by atoms with Crippen molar-refractivity contribution in [3.8, 4) is 5.75 Å². The van der Waals surface area contributed by atoms with E-state index in [1.54, 1.807) is 24.3 Å². The van der Waals surface area contributed by atoms with Crippen LogP contribution in [0.3, 0.4) is 0 Å². The van der Waals surface area contributed by atoms with E-state index < -0.39 is 5.54 Å². The zero-order chi connectivity index (χ0) is 15.6. The summed E-state index contributed by atoms with van der Waals surface area (Å²) in [7, 11) is 1.51. The summed E-state index contributed by atoms with van der Waals surface area (Å²) < 4.78 is 5.18. The molecule has 0 unspecified atom stereocenters. The first-order valence-corrected chi connectivity index (χ1v) is 6.82. The normalized spacial score (nSPS) is 13.2.